The maximum absolute atomic E-state index is 12.6. The van der Waals surface area contributed by atoms with Crippen LogP contribution in [0.3, 0.4) is 0 Å². The van der Waals surface area contributed by atoms with Gasteiger partial charge in [-0.15, -0.1) is 0 Å². The second-order valence-electron chi connectivity index (χ2n) is 7.26. The van der Waals surface area contributed by atoms with Gasteiger partial charge < -0.3 is 25.1 Å². The summed E-state index contributed by atoms with van der Waals surface area (Å²) in [6.45, 7) is 4.53. The van der Waals surface area contributed by atoms with Crippen molar-refractivity contribution in [2.24, 2.45) is 5.92 Å². The smallest absolute Gasteiger partial charge is 0.254 e. The molecular formula is C20H25N3O3. The van der Waals surface area contributed by atoms with Crippen LogP contribution in [0.2, 0.25) is 0 Å². The number of nitrogens with one attached hydrogen (secondary N) is 2. The minimum absolute atomic E-state index is 0.0554. The monoisotopic (exact) mass is 355 g/mol. The molecule has 2 aliphatic rings. The van der Waals surface area contributed by atoms with E-state index in [1.165, 1.54) is 11.3 Å². The predicted molar refractivity (Wildman–Crippen MR) is 99.2 cm³/mol. The molecule has 3 atom stereocenters. The minimum atomic E-state index is -0.402. The molecule has 6 nitrogen and oxygen atoms in total. The second-order valence-corrected chi connectivity index (χ2v) is 7.26. The van der Waals surface area contributed by atoms with Gasteiger partial charge in [0.15, 0.2) is 0 Å². The van der Waals surface area contributed by atoms with E-state index in [-0.39, 0.29) is 11.8 Å². The zero-order valence-electron chi connectivity index (χ0n) is 14.9. The van der Waals surface area contributed by atoms with Crippen LogP contribution in [0.4, 0.5) is 5.69 Å². The van der Waals surface area contributed by atoms with Crippen molar-refractivity contribution in [1.29, 1.82) is 0 Å². The highest BCUT2D eigenvalue weighted by atomic mass is 16.3. The first-order valence-corrected chi connectivity index (χ1v) is 9.21. The number of hydrogen-bond donors (Lipinski definition) is 3. The number of furan rings is 1. The van der Waals surface area contributed by atoms with Crippen molar-refractivity contribution in [1.82, 2.24) is 10.6 Å². The van der Waals surface area contributed by atoms with Crippen LogP contribution < -0.4 is 15.5 Å². The second kappa shape index (κ2) is 7.13. The number of hydrogen-bond acceptors (Lipinski definition) is 5. The predicted octanol–water partition coefficient (Wildman–Crippen LogP) is 1.54. The molecule has 3 heterocycles. The van der Waals surface area contributed by atoms with Crippen LogP contribution in [0.25, 0.3) is 0 Å². The summed E-state index contributed by atoms with van der Waals surface area (Å²) in [6, 6.07) is 10.5. The summed E-state index contributed by atoms with van der Waals surface area (Å²) in [6.07, 6.45) is 2.18. The molecule has 6 heteroatoms. The highest BCUT2D eigenvalue weighted by Crippen LogP contribution is 2.33. The molecule has 0 spiro atoms. The zero-order chi connectivity index (χ0) is 18.1. The number of carbonyl (C=O) groups is 1. The van der Waals surface area contributed by atoms with Crippen molar-refractivity contribution < 1.29 is 14.3 Å². The lowest BCUT2D eigenvalue weighted by molar-refractivity contribution is 0.0925. The number of aliphatic hydroxyl groups excluding tert-OH is 1. The Morgan fingerprint density at radius 3 is 3.00 bits per heavy atom. The molecular weight excluding hydrogens is 330 g/mol. The van der Waals surface area contributed by atoms with Crippen LogP contribution in [-0.2, 0) is 13.0 Å². The summed E-state index contributed by atoms with van der Waals surface area (Å²) in [7, 11) is 0. The van der Waals surface area contributed by atoms with E-state index in [2.05, 4.69) is 40.7 Å². The van der Waals surface area contributed by atoms with Crippen LogP contribution in [0.15, 0.2) is 41.0 Å². The fourth-order valence-corrected chi connectivity index (χ4v) is 3.94. The molecule has 4 rings (SSSR count). The summed E-state index contributed by atoms with van der Waals surface area (Å²) in [5.41, 5.74) is 3.12. The molecule has 0 radical (unpaired) electrons. The Kier molecular flexibility index (Phi) is 4.70. The Morgan fingerprint density at radius 2 is 2.19 bits per heavy atom. The van der Waals surface area contributed by atoms with Gasteiger partial charge in [0, 0.05) is 37.3 Å². The van der Waals surface area contributed by atoms with Crippen LogP contribution >= 0.6 is 0 Å². The van der Waals surface area contributed by atoms with Gasteiger partial charge in [0.1, 0.15) is 5.76 Å². The van der Waals surface area contributed by atoms with E-state index in [1.807, 2.05) is 6.07 Å². The molecule has 0 saturated carbocycles. The summed E-state index contributed by atoms with van der Waals surface area (Å²) >= 11 is 0. The van der Waals surface area contributed by atoms with Gasteiger partial charge in [-0.3, -0.25) is 4.79 Å². The summed E-state index contributed by atoms with van der Waals surface area (Å²) in [5.74, 6) is 0.587. The third-order valence-electron chi connectivity index (χ3n) is 5.48. The number of β-amino-alcohol motifs (C(OH)–C–C–N with tert-alkyl or cyclic N) is 1. The Hall–Kier alpha value is -2.31. The van der Waals surface area contributed by atoms with Crippen molar-refractivity contribution in [3.8, 4) is 0 Å². The van der Waals surface area contributed by atoms with Gasteiger partial charge in [-0.05, 0) is 31.0 Å². The Labute approximate surface area is 153 Å². The number of benzene rings is 1. The fourth-order valence-electron chi connectivity index (χ4n) is 3.94. The van der Waals surface area contributed by atoms with Crippen LogP contribution in [0.1, 0.15) is 28.6 Å². The summed E-state index contributed by atoms with van der Waals surface area (Å²) in [5, 5.41) is 15.9. The summed E-state index contributed by atoms with van der Waals surface area (Å²) < 4.78 is 5.64. The Morgan fingerprint density at radius 1 is 1.35 bits per heavy atom. The molecule has 1 amide bonds. The zero-order valence-corrected chi connectivity index (χ0v) is 14.9. The van der Waals surface area contributed by atoms with Crippen molar-refractivity contribution in [2.45, 2.75) is 32.0 Å². The molecule has 3 N–H and O–H groups in total. The molecule has 2 aliphatic heterocycles. The van der Waals surface area contributed by atoms with E-state index in [0.717, 1.165) is 13.0 Å². The molecule has 0 aliphatic carbocycles. The molecule has 0 bridgehead atoms. The molecule has 3 unspecified atom stereocenters. The largest absolute Gasteiger partial charge is 0.467 e. The number of para-hydroxylation sites is 1. The lowest BCUT2D eigenvalue weighted by Crippen LogP contribution is -2.35. The van der Waals surface area contributed by atoms with Crippen LogP contribution in [-0.4, -0.2) is 42.8 Å². The average molecular weight is 355 g/mol. The van der Waals surface area contributed by atoms with Gasteiger partial charge in [-0.1, -0.05) is 18.2 Å². The average Bonchev–Trinajstić information content (AvgIpc) is 3.33. The highest BCUT2D eigenvalue weighted by molar-refractivity contribution is 5.95. The number of rotatable bonds is 5. The van der Waals surface area contributed by atoms with Crippen LogP contribution in [0, 0.1) is 5.92 Å². The number of carbonyl (C=O) groups excluding carboxylic acids is 1. The third kappa shape index (κ3) is 3.22. The van der Waals surface area contributed by atoms with E-state index in [0.29, 0.717) is 37.0 Å². The first-order chi connectivity index (χ1) is 12.6. The van der Waals surface area contributed by atoms with Gasteiger partial charge in [0.25, 0.3) is 5.91 Å². The lowest BCUT2D eigenvalue weighted by atomic mass is 10.1. The van der Waals surface area contributed by atoms with E-state index < -0.39 is 6.10 Å². The Balaban J connectivity index is 1.44. The van der Waals surface area contributed by atoms with Crippen molar-refractivity contribution in [3.05, 3.63) is 53.5 Å². The van der Waals surface area contributed by atoms with E-state index in [9.17, 15) is 9.90 Å². The number of anilines is 1. The third-order valence-corrected chi connectivity index (χ3v) is 5.48. The van der Waals surface area contributed by atoms with E-state index in [4.69, 9.17) is 4.42 Å². The minimum Gasteiger partial charge on any atom is -0.467 e. The highest BCUT2D eigenvalue weighted by Gasteiger charge is 2.29. The molecule has 26 heavy (non-hydrogen) atoms. The number of fused-ring (bicyclic) bond motifs is 1. The standard InChI is InChI=1S/C20H25N3O3/c1-13-8-14-4-2-3-5-17(14)23(13)12-19-16(6-7-26-19)20(25)22-10-15-9-21-11-18(15)24/h2-7,13,15,18,21,24H,8-12H2,1H3,(H,22,25). The van der Waals surface area contributed by atoms with Crippen LogP contribution in [0.5, 0.6) is 0 Å². The maximum Gasteiger partial charge on any atom is 0.254 e. The molecule has 2 aromatic rings. The van der Waals surface area contributed by atoms with Crippen molar-refractivity contribution in [3.63, 3.8) is 0 Å². The quantitative estimate of drug-likeness (QED) is 0.758. The van der Waals surface area contributed by atoms with Gasteiger partial charge in [-0.2, -0.15) is 0 Å². The lowest BCUT2D eigenvalue weighted by Gasteiger charge is -2.24. The topological polar surface area (TPSA) is 77.7 Å². The number of amides is 1. The van der Waals surface area contributed by atoms with Gasteiger partial charge >= 0.3 is 0 Å². The van der Waals surface area contributed by atoms with E-state index >= 15 is 0 Å². The molecule has 1 fully saturated rings. The molecule has 1 aromatic heterocycles. The van der Waals surface area contributed by atoms with Gasteiger partial charge in [-0.25, -0.2) is 0 Å². The van der Waals surface area contributed by atoms with Gasteiger partial charge in [0.2, 0.25) is 0 Å². The SMILES string of the molecule is CC1Cc2ccccc2N1Cc1occc1C(=O)NCC1CNCC1O. The normalized spacial score (nSPS) is 24.7. The first-order valence-electron chi connectivity index (χ1n) is 9.21. The van der Waals surface area contributed by atoms with Crippen molar-refractivity contribution in [2.75, 3.05) is 24.5 Å². The van der Waals surface area contributed by atoms with Gasteiger partial charge in [0.05, 0.1) is 24.5 Å². The first kappa shape index (κ1) is 17.1. The number of aliphatic hydroxyl groups is 1. The molecule has 1 aromatic carbocycles. The van der Waals surface area contributed by atoms with E-state index in [1.54, 1.807) is 12.3 Å². The van der Waals surface area contributed by atoms with Crippen molar-refractivity contribution >= 4 is 11.6 Å². The Bertz CT molecular complexity index is 788. The fraction of sp³-hybridized carbons (Fsp3) is 0.450. The molecule has 1 saturated heterocycles. The number of nitrogens with zero attached hydrogens (tertiary/aromatic N) is 1. The molecule has 138 valence electrons. The summed E-state index contributed by atoms with van der Waals surface area (Å²) in [4.78, 5) is 14.9. The maximum atomic E-state index is 12.6.